The Kier molecular flexibility index (Phi) is 3.42. The van der Waals surface area contributed by atoms with Gasteiger partial charge in [0.05, 0.1) is 6.61 Å². The summed E-state index contributed by atoms with van der Waals surface area (Å²) >= 11 is 0. The molecule has 1 aromatic carbocycles. The molecule has 1 atom stereocenters. The fourth-order valence-corrected chi connectivity index (χ4v) is 3.21. The minimum absolute atomic E-state index is 0.360. The number of nitrogens with zero attached hydrogens (tertiary/aromatic N) is 3. The van der Waals surface area contributed by atoms with Crippen LogP contribution in [0.1, 0.15) is 29.7 Å². The molecule has 0 amide bonds. The number of aromatic amines is 1. The lowest BCUT2D eigenvalue weighted by Gasteiger charge is -2.06. The van der Waals surface area contributed by atoms with Gasteiger partial charge >= 0.3 is 0 Å². The zero-order valence-corrected chi connectivity index (χ0v) is 12.7. The van der Waals surface area contributed by atoms with Crippen LogP contribution in [-0.2, 0) is 17.7 Å². The van der Waals surface area contributed by atoms with Crippen molar-refractivity contribution < 1.29 is 4.74 Å². The summed E-state index contributed by atoms with van der Waals surface area (Å²) in [4.78, 5) is 4.64. The van der Waals surface area contributed by atoms with Gasteiger partial charge in [0.1, 0.15) is 5.82 Å². The summed E-state index contributed by atoms with van der Waals surface area (Å²) in [6.45, 7) is 4.64. The number of aromatic nitrogens is 4. The lowest BCUT2D eigenvalue weighted by Crippen LogP contribution is -2.04. The number of rotatable bonds is 4. The van der Waals surface area contributed by atoms with Crippen molar-refractivity contribution in [2.45, 2.75) is 32.2 Å². The third-order valence-electron chi connectivity index (χ3n) is 4.43. The highest BCUT2D eigenvalue weighted by atomic mass is 16.5. The molecule has 1 aliphatic heterocycles. The maximum Gasteiger partial charge on any atom is 0.156 e. The number of fused-ring (bicyclic) bond motifs is 1. The lowest BCUT2D eigenvalue weighted by molar-refractivity contribution is 0.193. The molecule has 22 heavy (non-hydrogen) atoms. The van der Waals surface area contributed by atoms with E-state index in [9.17, 15) is 0 Å². The van der Waals surface area contributed by atoms with E-state index >= 15 is 0 Å². The van der Waals surface area contributed by atoms with E-state index in [1.165, 1.54) is 16.6 Å². The van der Waals surface area contributed by atoms with Crippen molar-refractivity contribution in [3.63, 3.8) is 0 Å². The number of nitrogens with one attached hydrogen (secondary N) is 1. The van der Waals surface area contributed by atoms with Gasteiger partial charge in [0.25, 0.3) is 0 Å². The Morgan fingerprint density at radius 1 is 1.36 bits per heavy atom. The first-order chi connectivity index (χ1) is 10.8. The number of aryl methyl sites for hydroxylation is 3. The van der Waals surface area contributed by atoms with Crippen LogP contribution in [0.2, 0.25) is 0 Å². The summed E-state index contributed by atoms with van der Waals surface area (Å²) in [6.07, 6.45) is 1.89. The Bertz CT molecular complexity index is 783. The van der Waals surface area contributed by atoms with Crippen molar-refractivity contribution in [1.29, 1.82) is 0 Å². The molecule has 0 spiro atoms. The highest BCUT2D eigenvalue weighted by Crippen LogP contribution is 2.22. The van der Waals surface area contributed by atoms with Gasteiger partial charge in [-0.25, -0.2) is 4.98 Å². The van der Waals surface area contributed by atoms with Crippen molar-refractivity contribution in [3.8, 4) is 0 Å². The van der Waals surface area contributed by atoms with Gasteiger partial charge in [-0.2, -0.15) is 5.10 Å². The van der Waals surface area contributed by atoms with Gasteiger partial charge < -0.3 is 9.30 Å². The molecule has 5 nitrogen and oxygen atoms in total. The monoisotopic (exact) mass is 296 g/mol. The molecule has 0 radical (unpaired) electrons. The Hall–Kier alpha value is -2.14. The molecule has 3 heterocycles. The van der Waals surface area contributed by atoms with Crippen molar-refractivity contribution in [2.24, 2.45) is 0 Å². The van der Waals surface area contributed by atoms with E-state index in [1.54, 1.807) is 0 Å². The van der Waals surface area contributed by atoms with Crippen LogP contribution < -0.4 is 0 Å². The van der Waals surface area contributed by atoms with Crippen LogP contribution in [0.5, 0.6) is 0 Å². The molecule has 2 aromatic heterocycles. The molecule has 1 N–H and O–H groups in total. The molecule has 0 bridgehead atoms. The molecular formula is C17H20N4O. The average molecular weight is 296 g/mol. The second kappa shape index (κ2) is 5.57. The molecule has 114 valence electrons. The Morgan fingerprint density at radius 3 is 3.14 bits per heavy atom. The van der Waals surface area contributed by atoms with Crippen LogP contribution in [0, 0.1) is 6.92 Å². The molecule has 0 unspecified atom stereocenters. The number of hydrogen-bond acceptors (Lipinski definition) is 3. The van der Waals surface area contributed by atoms with E-state index in [4.69, 9.17) is 4.74 Å². The zero-order chi connectivity index (χ0) is 14.9. The number of ether oxygens (including phenoxy) is 1. The largest absolute Gasteiger partial charge is 0.381 e. The number of hydrogen-bond donors (Lipinski definition) is 1. The SMILES string of the molecule is Cc1cc2ccccc2n1CCc1nc([C@@H]2CCOC2)n[nH]1. The molecule has 0 aliphatic carbocycles. The van der Waals surface area contributed by atoms with Gasteiger partial charge in [-0.05, 0) is 30.9 Å². The highest BCUT2D eigenvalue weighted by molar-refractivity contribution is 5.81. The third-order valence-corrected chi connectivity index (χ3v) is 4.43. The summed E-state index contributed by atoms with van der Waals surface area (Å²) in [5, 5.41) is 8.73. The van der Waals surface area contributed by atoms with Gasteiger partial charge in [0.2, 0.25) is 0 Å². The van der Waals surface area contributed by atoms with E-state index in [1.807, 2.05) is 0 Å². The van der Waals surface area contributed by atoms with Crippen molar-refractivity contribution >= 4 is 10.9 Å². The third kappa shape index (κ3) is 2.41. The summed E-state index contributed by atoms with van der Waals surface area (Å²) in [7, 11) is 0. The van der Waals surface area contributed by atoms with E-state index < -0.39 is 0 Å². The normalized spacial score (nSPS) is 18.3. The first kappa shape index (κ1) is 13.5. The van der Waals surface area contributed by atoms with E-state index in [0.29, 0.717) is 5.92 Å². The van der Waals surface area contributed by atoms with Gasteiger partial charge in [0.15, 0.2) is 5.82 Å². The fourth-order valence-electron chi connectivity index (χ4n) is 3.21. The molecule has 5 heteroatoms. The van der Waals surface area contributed by atoms with Crippen LogP contribution in [0.15, 0.2) is 30.3 Å². The van der Waals surface area contributed by atoms with Crippen LogP contribution in [-0.4, -0.2) is 33.0 Å². The minimum Gasteiger partial charge on any atom is -0.381 e. The molecule has 4 rings (SSSR count). The van der Waals surface area contributed by atoms with Crippen molar-refractivity contribution in [2.75, 3.05) is 13.2 Å². The molecule has 3 aromatic rings. The Labute approximate surface area is 129 Å². The summed E-state index contributed by atoms with van der Waals surface area (Å²) in [6, 6.07) is 10.7. The predicted octanol–water partition coefficient (Wildman–Crippen LogP) is 2.81. The minimum atomic E-state index is 0.360. The quantitative estimate of drug-likeness (QED) is 0.805. The summed E-state index contributed by atoms with van der Waals surface area (Å²) in [5.74, 6) is 2.22. The predicted molar refractivity (Wildman–Crippen MR) is 84.9 cm³/mol. The molecular weight excluding hydrogens is 276 g/mol. The number of para-hydroxylation sites is 1. The van der Waals surface area contributed by atoms with E-state index in [0.717, 1.165) is 44.2 Å². The molecule has 1 saturated heterocycles. The van der Waals surface area contributed by atoms with Crippen molar-refractivity contribution in [3.05, 3.63) is 47.7 Å². The van der Waals surface area contributed by atoms with Gasteiger partial charge in [-0.15, -0.1) is 0 Å². The Morgan fingerprint density at radius 2 is 2.27 bits per heavy atom. The second-order valence-electron chi connectivity index (χ2n) is 5.95. The van der Waals surface area contributed by atoms with Gasteiger partial charge in [-0.3, -0.25) is 5.10 Å². The molecule has 1 fully saturated rings. The smallest absolute Gasteiger partial charge is 0.156 e. The first-order valence-corrected chi connectivity index (χ1v) is 7.85. The number of H-pyrrole nitrogens is 1. The van der Waals surface area contributed by atoms with Gasteiger partial charge in [0, 0.05) is 36.7 Å². The standard InChI is InChI=1S/C17H20N4O/c1-12-10-13-4-2-3-5-15(13)21(12)8-6-16-18-17(20-19-16)14-7-9-22-11-14/h2-5,10,14H,6-9,11H2,1H3,(H,18,19,20)/t14-/m1/s1. The van der Waals surface area contributed by atoms with Crippen LogP contribution in [0.4, 0.5) is 0 Å². The summed E-state index contributed by atoms with van der Waals surface area (Å²) in [5.41, 5.74) is 2.56. The zero-order valence-electron chi connectivity index (χ0n) is 12.7. The second-order valence-corrected chi connectivity index (χ2v) is 5.95. The van der Waals surface area contributed by atoms with Crippen LogP contribution in [0.25, 0.3) is 10.9 Å². The average Bonchev–Trinajstić information content (AvgIpc) is 3.24. The van der Waals surface area contributed by atoms with Crippen molar-refractivity contribution in [1.82, 2.24) is 19.7 Å². The maximum atomic E-state index is 5.41. The fraction of sp³-hybridized carbons (Fsp3) is 0.412. The molecule has 0 saturated carbocycles. The van der Waals surface area contributed by atoms with Gasteiger partial charge in [-0.1, -0.05) is 18.2 Å². The topological polar surface area (TPSA) is 55.7 Å². The highest BCUT2D eigenvalue weighted by Gasteiger charge is 2.21. The van der Waals surface area contributed by atoms with E-state index in [2.05, 4.69) is 57.0 Å². The van der Waals surface area contributed by atoms with E-state index in [-0.39, 0.29) is 0 Å². The lowest BCUT2D eigenvalue weighted by atomic mass is 10.1. The van der Waals surface area contributed by atoms with Crippen LogP contribution >= 0.6 is 0 Å². The van der Waals surface area contributed by atoms with Crippen LogP contribution in [0.3, 0.4) is 0 Å². The Balaban J connectivity index is 1.51. The first-order valence-electron chi connectivity index (χ1n) is 7.85. The number of benzene rings is 1. The maximum absolute atomic E-state index is 5.41. The molecule has 1 aliphatic rings. The summed E-state index contributed by atoms with van der Waals surface area (Å²) < 4.78 is 7.75.